The van der Waals surface area contributed by atoms with E-state index in [4.69, 9.17) is 4.74 Å². The van der Waals surface area contributed by atoms with Crippen molar-refractivity contribution >= 4 is 12.0 Å². The maximum Gasteiger partial charge on any atom is 0.251 e. The SMILES string of the molecule is CCC[C@@H](NC(=O)C1=Cc2ccccc2OC1)c1nn[nH]n1. The summed E-state index contributed by atoms with van der Waals surface area (Å²) in [4.78, 5) is 12.4. The van der Waals surface area contributed by atoms with Crippen LogP contribution in [-0.2, 0) is 4.79 Å². The van der Waals surface area contributed by atoms with Gasteiger partial charge < -0.3 is 10.1 Å². The van der Waals surface area contributed by atoms with Crippen LogP contribution in [-0.4, -0.2) is 33.1 Å². The molecule has 0 spiro atoms. The van der Waals surface area contributed by atoms with Gasteiger partial charge in [0.05, 0.1) is 11.6 Å². The van der Waals surface area contributed by atoms with Crippen LogP contribution in [0.3, 0.4) is 0 Å². The Morgan fingerprint density at radius 1 is 1.45 bits per heavy atom. The lowest BCUT2D eigenvalue weighted by molar-refractivity contribution is -0.118. The second-order valence-corrected chi connectivity index (χ2v) is 5.08. The molecule has 0 radical (unpaired) electrons. The molecule has 2 N–H and O–H groups in total. The summed E-state index contributed by atoms with van der Waals surface area (Å²) in [6.45, 7) is 2.30. The summed E-state index contributed by atoms with van der Waals surface area (Å²) >= 11 is 0. The molecule has 0 fully saturated rings. The molecule has 0 saturated heterocycles. The lowest BCUT2D eigenvalue weighted by Crippen LogP contribution is -2.32. The van der Waals surface area contributed by atoms with Gasteiger partial charge in [-0.25, -0.2) is 0 Å². The maximum atomic E-state index is 12.4. The summed E-state index contributed by atoms with van der Waals surface area (Å²) in [5, 5.41) is 16.8. The number of H-pyrrole nitrogens is 1. The Bertz CT molecular complexity index is 681. The largest absolute Gasteiger partial charge is 0.488 e. The van der Waals surface area contributed by atoms with Gasteiger partial charge in [0.15, 0.2) is 5.82 Å². The molecule has 7 nitrogen and oxygen atoms in total. The lowest BCUT2D eigenvalue weighted by atomic mass is 10.1. The van der Waals surface area contributed by atoms with Crippen LogP contribution in [0, 0.1) is 0 Å². The van der Waals surface area contributed by atoms with E-state index in [9.17, 15) is 4.79 Å². The van der Waals surface area contributed by atoms with E-state index in [2.05, 4.69) is 25.9 Å². The molecule has 0 unspecified atom stereocenters. The van der Waals surface area contributed by atoms with Crippen molar-refractivity contribution < 1.29 is 9.53 Å². The average Bonchev–Trinajstić information content (AvgIpc) is 3.08. The molecule has 22 heavy (non-hydrogen) atoms. The second-order valence-electron chi connectivity index (χ2n) is 5.08. The highest BCUT2D eigenvalue weighted by Gasteiger charge is 2.22. The molecule has 114 valence electrons. The van der Waals surface area contributed by atoms with Crippen LogP contribution in [0.1, 0.15) is 37.2 Å². The number of carbonyl (C=O) groups is 1. The predicted octanol–water partition coefficient (Wildman–Crippen LogP) is 1.63. The monoisotopic (exact) mass is 299 g/mol. The maximum absolute atomic E-state index is 12.4. The van der Waals surface area contributed by atoms with E-state index in [1.54, 1.807) is 0 Å². The van der Waals surface area contributed by atoms with Gasteiger partial charge in [0.2, 0.25) is 0 Å². The minimum Gasteiger partial charge on any atom is -0.488 e. The highest BCUT2D eigenvalue weighted by atomic mass is 16.5. The van der Waals surface area contributed by atoms with E-state index in [1.807, 2.05) is 37.3 Å². The van der Waals surface area contributed by atoms with Gasteiger partial charge in [-0.1, -0.05) is 36.8 Å². The predicted molar refractivity (Wildman–Crippen MR) is 79.9 cm³/mol. The van der Waals surface area contributed by atoms with E-state index in [1.165, 1.54) is 0 Å². The summed E-state index contributed by atoms with van der Waals surface area (Å²) < 4.78 is 5.61. The van der Waals surface area contributed by atoms with Crippen molar-refractivity contribution in [1.82, 2.24) is 25.9 Å². The van der Waals surface area contributed by atoms with Crippen molar-refractivity contribution in [3.05, 3.63) is 41.2 Å². The fraction of sp³-hybridized carbons (Fsp3) is 0.333. The van der Waals surface area contributed by atoms with E-state index < -0.39 is 0 Å². The molecule has 1 atom stereocenters. The molecule has 2 aromatic rings. The average molecular weight is 299 g/mol. The van der Waals surface area contributed by atoms with Gasteiger partial charge >= 0.3 is 0 Å². The Kier molecular flexibility index (Phi) is 4.13. The molecular weight excluding hydrogens is 282 g/mol. The third kappa shape index (κ3) is 2.98. The first kappa shape index (κ1) is 14.2. The molecule has 1 aliphatic heterocycles. The topological polar surface area (TPSA) is 92.8 Å². The fourth-order valence-corrected chi connectivity index (χ4v) is 2.37. The molecule has 1 aliphatic rings. The number of rotatable bonds is 5. The Hall–Kier alpha value is -2.70. The summed E-state index contributed by atoms with van der Waals surface area (Å²) in [6, 6.07) is 7.38. The number of fused-ring (bicyclic) bond motifs is 1. The zero-order chi connectivity index (χ0) is 15.4. The van der Waals surface area contributed by atoms with Gasteiger partial charge in [0.25, 0.3) is 5.91 Å². The van der Waals surface area contributed by atoms with E-state index in [0.717, 1.165) is 24.2 Å². The number of aromatic nitrogens is 4. The number of para-hydroxylation sites is 1. The molecule has 0 bridgehead atoms. The molecule has 0 saturated carbocycles. The molecule has 3 rings (SSSR count). The van der Waals surface area contributed by atoms with Gasteiger partial charge in [-0.3, -0.25) is 4.79 Å². The minimum absolute atomic E-state index is 0.169. The van der Waals surface area contributed by atoms with Crippen LogP contribution >= 0.6 is 0 Å². The van der Waals surface area contributed by atoms with Crippen LogP contribution in [0.15, 0.2) is 29.8 Å². The Balaban J connectivity index is 1.75. The van der Waals surface area contributed by atoms with Gasteiger partial charge in [-0.05, 0) is 18.6 Å². The van der Waals surface area contributed by atoms with E-state index in [-0.39, 0.29) is 18.6 Å². The van der Waals surface area contributed by atoms with Crippen LogP contribution < -0.4 is 10.1 Å². The molecule has 1 amide bonds. The van der Waals surface area contributed by atoms with Crippen molar-refractivity contribution in [1.29, 1.82) is 0 Å². The Morgan fingerprint density at radius 2 is 2.32 bits per heavy atom. The zero-order valence-electron chi connectivity index (χ0n) is 12.2. The normalized spacial score (nSPS) is 14.5. The Labute approximate surface area is 127 Å². The van der Waals surface area contributed by atoms with Gasteiger partial charge in [-0.2, -0.15) is 5.21 Å². The zero-order valence-corrected chi connectivity index (χ0v) is 12.2. The number of tetrazole rings is 1. The number of amides is 1. The van der Waals surface area contributed by atoms with Crippen molar-refractivity contribution in [2.24, 2.45) is 0 Å². The fourth-order valence-electron chi connectivity index (χ4n) is 2.37. The standard InChI is InChI=1S/C15H17N5O2/c1-2-5-12(14-17-19-20-18-14)16-15(21)11-8-10-6-3-4-7-13(10)22-9-11/h3-4,6-8,12H,2,5,9H2,1H3,(H,16,21)(H,17,18,19,20)/t12-/m1/s1. The van der Waals surface area contributed by atoms with Crippen LogP contribution in [0.5, 0.6) is 5.75 Å². The quantitative estimate of drug-likeness (QED) is 0.875. The summed E-state index contributed by atoms with van der Waals surface area (Å²) in [7, 11) is 0. The number of nitrogens with zero attached hydrogens (tertiary/aromatic N) is 3. The van der Waals surface area contributed by atoms with Crippen molar-refractivity contribution in [3.63, 3.8) is 0 Å². The molecule has 1 aromatic carbocycles. The number of hydrogen-bond donors (Lipinski definition) is 2. The molecule has 0 aliphatic carbocycles. The van der Waals surface area contributed by atoms with Crippen molar-refractivity contribution in [2.45, 2.75) is 25.8 Å². The molecule has 7 heteroatoms. The summed E-state index contributed by atoms with van der Waals surface area (Å²) in [5.41, 5.74) is 1.49. The van der Waals surface area contributed by atoms with Gasteiger partial charge in [-0.15, -0.1) is 10.2 Å². The highest BCUT2D eigenvalue weighted by Crippen LogP contribution is 2.26. The lowest BCUT2D eigenvalue weighted by Gasteiger charge is -2.20. The van der Waals surface area contributed by atoms with E-state index in [0.29, 0.717) is 11.4 Å². The number of ether oxygens (including phenoxy) is 1. The number of hydrogen-bond acceptors (Lipinski definition) is 5. The first-order valence-electron chi connectivity index (χ1n) is 7.24. The van der Waals surface area contributed by atoms with Crippen molar-refractivity contribution in [3.8, 4) is 5.75 Å². The van der Waals surface area contributed by atoms with Crippen molar-refractivity contribution in [2.75, 3.05) is 6.61 Å². The van der Waals surface area contributed by atoms with Gasteiger partial charge in [0, 0.05) is 5.56 Å². The number of nitrogens with one attached hydrogen (secondary N) is 2. The molecular formula is C15H17N5O2. The molecule has 2 heterocycles. The third-order valence-electron chi connectivity index (χ3n) is 3.48. The smallest absolute Gasteiger partial charge is 0.251 e. The first-order valence-corrected chi connectivity index (χ1v) is 7.24. The van der Waals surface area contributed by atoms with Crippen LogP contribution in [0.25, 0.3) is 6.08 Å². The number of carbonyl (C=O) groups excluding carboxylic acids is 1. The number of aromatic amines is 1. The van der Waals surface area contributed by atoms with Crippen LogP contribution in [0.4, 0.5) is 0 Å². The van der Waals surface area contributed by atoms with E-state index >= 15 is 0 Å². The minimum atomic E-state index is -0.255. The highest BCUT2D eigenvalue weighted by molar-refractivity contribution is 5.99. The third-order valence-corrected chi connectivity index (χ3v) is 3.48. The summed E-state index contributed by atoms with van der Waals surface area (Å²) in [5.74, 6) is 1.12. The van der Waals surface area contributed by atoms with Crippen LogP contribution in [0.2, 0.25) is 0 Å². The Morgan fingerprint density at radius 3 is 3.09 bits per heavy atom. The van der Waals surface area contributed by atoms with Gasteiger partial charge in [0.1, 0.15) is 12.4 Å². The first-order chi connectivity index (χ1) is 10.8. The molecule has 1 aromatic heterocycles. The second kappa shape index (κ2) is 6.38. The summed E-state index contributed by atoms with van der Waals surface area (Å²) in [6.07, 6.45) is 3.50. The number of benzene rings is 1.